The smallest absolute Gasteiger partial charge is 0.138 e. The lowest BCUT2D eigenvalue weighted by atomic mass is 10.1. The van der Waals surface area contributed by atoms with Crippen LogP contribution in [0.2, 0.25) is 0 Å². The van der Waals surface area contributed by atoms with Crippen LogP contribution in [0.25, 0.3) is 0 Å². The summed E-state index contributed by atoms with van der Waals surface area (Å²) in [5.41, 5.74) is 0.660. The molecule has 19 heavy (non-hydrogen) atoms. The van der Waals surface area contributed by atoms with Crippen LogP contribution in [0.4, 0.5) is 5.69 Å². The lowest BCUT2D eigenvalue weighted by Crippen LogP contribution is -2.19. The van der Waals surface area contributed by atoms with E-state index in [1.54, 1.807) is 18.2 Å². The second kappa shape index (κ2) is 9.64. The molecule has 0 amide bonds. The highest BCUT2D eigenvalue weighted by Crippen LogP contribution is 2.21. The van der Waals surface area contributed by atoms with Gasteiger partial charge in [-0.25, -0.2) is 0 Å². The van der Waals surface area contributed by atoms with Crippen molar-refractivity contribution < 1.29 is 14.9 Å². The molecule has 0 bridgehead atoms. The molecular weight excluding hydrogens is 242 g/mol. The fourth-order valence-corrected chi connectivity index (χ4v) is 1.78. The lowest BCUT2D eigenvalue weighted by molar-refractivity contribution is 0.123. The van der Waals surface area contributed by atoms with Crippen molar-refractivity contribution in [2.45, 2.75) is 38.7 Å². The molecule has 4 nitrogen and oxygen atoms in total. The van der Waals surface area contributed by atoms with Crippen molar-refractivity contribution in [3.8, 4) is 5.75 Å². The van der Waals surface area contributed by atoms with E-state index in [0.29, 0.717) is 12.2 Å². The minimum Gasteiger partial charge on any atom is -0.506 e. The number of aromatic hydroxyl groups is 1. The van der Waals surface area contributed by atoms with Crippen LogP contribution in [0, 0.1) is 0 Å². The van der Waals surface area contributed by atoms with Gasteiger partial charge < -0.3 is 20.3 Å². The number of anilines is 1. The number of aliphatic hydroxyl groups is 1. The van der Waals surface area contributed by atoms with Gasteiger partial charge in [0.2, 0.25) is 0 Å². The fourth-order valence-electron chi connectivity index (χ4n) is 1.78. The molecule has 1 atom stereocenters. The number of nitrogens with one attached hydrogen (secondary N) is 1. The van der Waals surface area contributed by atoms with Gasteiger partial charge in [-0.1, -0.05) is 19.1 Å². The number of hydrogen-bond acceptors (Lipinski definition) is 4. The minimum atomic E-state index is -0.397. The summed E-state index contributed by atoms with van der Waals surface area (Å²) < 4.78 is 5.38. The Bertz CT molecular complexity index is 344. The molecule has 3 N–H and O–H groups in total. The van der Waals surface area contributed by atoms with E-state index in [4.69, 9.17) is 4.74 Å². The molecule has 1 unspecified atom stereocenters. The van der Waals surface area contributed by atoms with Gasteiger partial charge in [0.1, 0.15) is 5.75 Å². The van der Waals surface area contributed by atoms with Crippen LogP contribution in [0.15, 0.2) is 24.3 Å². The van der Waals surface area contributed by atoms with Gasteiger partial charge in [0, 0.05) is 19.8 Å². The van der Waals surface area contributed by atoms with Gasteiger partial charge in [0.05, 0.1) is 11.8 Å². The van der Waals surface area contributed by atoms with Crippen molar-refractivity contribution in [3.05, 3.63) is 24.3 Å². The molecule has 0 heterocycles. The molecule has 0 radical (unpaired) electrons. The second-order valence-electron chi connectivity index (χ2n) is 4.66. The summed E-state index contributed by atoms with van der Waals surface area (Å²) in [5.74, 6) is 0.211. The Morgan fingerprint density at radius 2 is 2.00 bits per heavy atom. The molecule has 1 rings (SSSR count). The fraction of sp³-hybridized carbons (Fsp3) is 0.600. The predicted octanol–water partition coefficient (Wildman–Crippen LogP) is 2.76. The van der Waals surface area contributed by atoms with E-state index in [1.165, 1.54) is 0 Å². The van der Waals surface area contributed by atoms with Crippen molar-refractivity contribution in [2.75, 3.05) is 25.1 Å². The first-order chi connectivity index (χ1) is 9.24. The maximum absolute atomic E-state index is 9.82. The van der Waals surface area contributed by atoms with Crippen LogP contribution in [-0.2, 0) is 4.74 Å². The largest absolute Gasteiger partial charge is 0.506 e. The summed E-state index contributed by atoms with van der Waals surface area (Å²) in [6, 6.07) is 7.03. The molecule has 0 saturated carbocycles. The molecule has 0 aliphatic rings. The third kappa shape index (κ3) is 7.03. The van der Waals surface area contributed by atoms with Crippen molar-refractivity contribution in [3.63, 3.8) is 0 Å². The van der Waals surface area contributed by atoms with Crippen LogP contribution in [-0.4, -0.2) is 36.1 Å². The zero-order chi connectivity index (χ0) is 13.9. The van der Waals surface area contributed by atoms with Crippen LogP contribution in [0.5, 0.6) is 5.75 Å². The van der Waals surface area contributed by atoms with E-state index in [-0.39, 0.29) is 5.75 Å². The van der Waals surface area contributed by atoms with E-state index in [2.05, 4.69) is 12.2 Å². The van der Waals surface area contributed by atoms with Crippen molar-refractivity contribution in [2.24, 2.45) is 0 Å². The molecule has 108 valence electrons. The number of rotatable bonds is 10. The average molecular weight is 267 g/mol. The Balaban J connectivity index is 2.08. The highest BCUT2D eigenvalue weighted by Gasteiger charge is 2.05. The number of hydrogen-bond donors (Lipinski definition) is 3. The summed E-state index contributed by atoms with van der Waals surface area (Å²) in [5, 5.41) is 22.4. The molecule has 0 fully saturated rings. The van der Waals surface area contributed by atoms with Crippen molar-refractivity contribution >= 4 is 5.69 Å². The Morgan fingerprint density at radius 3 is 2.74 bits per heavy atom. The molecule has 4 heteroatoms. The van der Waals surface area contributed by atoms with Gasteiger partial charge in [-0.15, -0.1) is 0 Å². The normalized spacial score (nSPS) is 12.3. The molecule has 1 aromatic rings. The summed E-state index contributed by atoms with van der Waals surface area (Å²) in [6.07, 6.45) is 3.33. The molecule has 0 aliphatic heterocycles. The van der Waals surface area contributed by atoms with E-state index in [9.17, 15) is 10.2 Å². The highest BCUT2D eigenvalue weighted by atomic mass is 16.5. The molecule has 0 saturated heterocycles. The van der Waals surface area contributed by atoms with Crippen LogP contribution in [0.1, 0.15) is 32.6 Å². The van der Waals surface area contributed by atoms with Gasteiger partial charge in [0.15, 0.2) is 0 Å². The highest BCUT2D eigenvalue weighted by molar-refractivity contribution is 5.55. The molecule has 0 aromatic heterocycles. The van der Waals surface area contributed by atoms with Gasteiger partial charge in [0.25, 0.3) is 0 Å². The Labute approximate surface area is 115 Å². The van der Waals surface area contributed by atoms with E-state index in [1.807, 2.05) is 6.07 Å². The topological polar surface area (TPSA) is 61.7 Å². The maximum Gasteiger partial charge on any atom is 0.138 e. The summed E-state index contributed by atoms with van der Waals surface area (Å²) in [7, 11) is 0. The summed E-state index contributed by atoms with van der Waals surface area (Å²) in [4.78, 5) is 0. The van der Waals surface area contributed by atoms with Crippen LogP contribution in [0.3, 0.4) is 0 Å². The number of phenols is 1. The number of phenolic OH excluding ortho intramolecular Hbond substituents is 1. The quantitative estimate of drug-likeness (QED) is 0.450. The lowest BCUT2D eigenvalue weighted by Gasteiger charge is -2.13. The first-order valence-corrected chi connectivity index (χ1v) is 7.01. The maximum atomic E-state index is 9.82. The minimum absolute atomic E-state index is 0.211. The molecular formula is C15H25NO3. The third-order valence-electron chi connectivity index (χ3n) is 2.86. The van der Waals surface area contributed by atoms with Crippen molar-refractivity contribution in [1.29, 1.82) is 0 Å². The standard InChI is InChI=1S/C15H25NO3/c1-2-10-19-11-6-5-7-13(17)12-16-14-8-3-4-9-15(14)18/h3-4,8-9,13,16-18H,2,5-7,10-12H2,1H3. The first-order valence-electron chi connectivity index (χ1n) is 7.01. The Hall–Kier alpha value is -1.26. The number of benzene rings is 1. The Morgan fingerprint density at radius 1 is 1.21 bits per heavy atom. The molecule has 1 aromatic carbocycles. The number of aliphatic hydroxyl groups excluding tert-OH is 1. The number of para-hydroxylation sites is 2. The second-order valence-corrected chi connectivity index (χ2v) is 4.66. The van der Waals surface area contributed by atoms with Gasteiger partial charge >= 0.3 is 0 Å². The molecule has 0 spiro atoms. The average Bonchev–Trinajstić information content (AvgIpc) is 2.42. The predicted molar refractivity (Wildman–Crippen MR) is 77.6 cm³/mol. The number of ether oxygens (including phenoxy) is 1. The first kappa shape index (κ1) is 15.8. The van der Waals surface area contributed by atoms with E-state index in [0.717, 1.165) is 38.9 Å². The van der Waals surface area contributed by atoms with E-state index >= 15 is 0 Å². The number of unbranched alkanes of at least 4 members (excludes halogenated alkanes) is 1. The Kier molecular flexibility index (Phi) is 8.02. The third-order valence-corrected chi connectivity index (χ3v) is 2.86. The zero-order valence-electron chi connectivity index (χ0n) is 11.6. The van der Waals surface area contributed by atoms with Gasteiger partial charge in [-0.2, -0.15) is 0 Å². The van der Waals surface area contributed by atoms with E-state index < -0.39 is 6.10 Å². The summed E-state index contributed by atoms with van der Waals surface area (Å²) >= 11 is 0. The zero-order valence-corrected chi connectivity index (χ0v) is 11.6. The summed E-state index contributed by atoms with van der Waals surface area (Å²) in [6.45, 7) is 4.13. The van der Waals surface area contributed by atoms with Crippen molar-refractivity contribution in [1.82, 2.24) is 0 Å². The SMILES string of the molecule is CCCOCCCCC(O)CNc1ccccc1O. The monoisotopic (exact) mass is 267 g/mol. The van der Waals surface area contributed by atoms with Gasteiger partial charge in [-0.3, -0.25) is 0 Å². The molecule has 0 aliphatic carbocycles. The van der Waals surface area contributed by atoms with Crippen LogP contribution >= 0.6 is 0 Å². The van der Waals surface area contributed by atoms with Gasteiger partial charge in [-0.05, 0) is 37.8 Å². The van der Waals surface area contributed by atoms with Crippen LogP contribution < -0.4 is 5.32 Å².